The maximum atomic E-state index is 13.2. The van der Waals surface area contributed by atoms with Crippen LogP contribution in [-0.4, -0.2) is 85.0 Å². The summed E-state index contributed by atoms with van der Waals surface area (Å²) in [5, 5.41) is 46.7. The van der Waals surface area contributed by atoms with E-state index in [1.54, 1.807) is 24.5 Å². The number of fused-ring (bicyclic) bond motifs is 1. The Bertz CT molecular complexity index is 1130. The molecule has 2 unspecified atom stereocenters. The molecular formula is C18H25N6O8PS. The summed E-state index contributed by atoms with van der Waals surface area (Å²) in [6.45, 7) is 0.403. The monoisotopic (exact) mass is 516 g/mol. The van der Waals surface area contributed by atoms with Crippen molar-refractivity contribution < 1.29 is 38.5 Å². The molecule has 0 aromatic carbocycles. The van der Waals surface area contributed by atoms with Crippen molar-refractivity contribution in [2.24, 2.45) is 0 Å². The third-order valence-electron chi connectivity index (χ3n) is 5.16. The first-order valence-electron chi connectivity index (χ1n) is 9.99. The fourth-order valence-corrected chi connectivity index (χ4v) is 5.18. The zero-order chi connectivity index (χ0) is 25.1. The Morgan fingerprint density at radius 2 is 2.24 bits per heavy atom. The second-order valence-corrected chi connectivity index (χ2v) is 10.2. The number of carbonyl (C=O) groups is 1. The highest BCUT2D eigenvalue weighted by Crippen LogP contribution is 2.48. The van der Waals surface area contributed by atoms with Crippen LogP contribution in [-0.2, 0) is 23.1 Å². The number of aromatic nitrogens is 3. The SMILES string of the molecule is CSCCOP(=O)(NC(C)C(=O)O)OC[C@@]1(C#N)O[C@@H](c2ccc3c(N)ncnn23)[C@H](O)[C@@H]1O. The van der Waals surface area contributed by atoms with Gasteiger partial charge in [-0.1, -0.05) is 0 Å². The molecule has 6 N–H and O–H groups in total. The number of ether oxygens (including phenoxy) is 1. The van der Waals surface area contributed by atoms with E-state index in [4.69, 9.17) is 24.6 Å². The number of hydrogen-bond donors (Lipinski definition) is 5. The zero-order valence-electron chi connectivity index (χ0n) is 18.3. The molecule has 3 heterocycles. The van der Waals surface area contributed by atoms with Crippen LogP contribution in [0.1, 0.15) is 18.7 Å². The van der Waals surface area contributed by atoms with Gasteiger partial charge in [-0.2, -0.15) is 22.1 Å². The average Bonchev–Trinajstić information content (AvgIpc) is 3.33. The number of anilines is 1. The van der Waals surface area contributed by atoms with Crippen LogP contribution >= 0.6 is 19.5 Å². The Morgan fingerprint density at radius 1 is 1.50 bits per heavy atom. The minimum absolute atomic E-state index is 0.0384. The lowest BCUT2D eigenvalue weighted by Crippen LogP contribution is -2.46. The molecule has 3 rings (SSSR count). The summed E-state index contributed by atoms with van der Waals surface area (Å²) in [5.41, 5.74) is 4.38. The lowest BCUT2D eigenvalue weighted by molar-refractivity contribution is -0.138. The van der Waals surface area contributed by atoms with Crippen molar-refractivity contribution in [3.8, 4) is 6.07 Å². The fraction of sp³-hybridized carbons (Fsp3) is 0.556. The van der Waals surface area contributed by atoms with Crippen LogP contribution in [0.3, 0.4) is 0 Å². The van der Waals surface area contributed by atoms with Gasteiger partial charge >= 0.3 is 13.7 Å². The summed E-state index contributed by atoms with van der Waals surface area (Å²) in [6.07, 6.45) is -1.59. The summed E-state index contributed by atoms with van der Waals surface area (Å²) in [6, 6.07) is 3.60. The Labute approximate surface area is 198 Å². The van der Waals surface area contributed by atoms with Crippen molar-refractivity contribution in [1.82, 2.24) is 19.7 Å². The van der Waals surface area contributed by atoms with Gasteiger partial charge in [0.2, 0.25) is 5.60 Å². The van der Waals surface area contributed by atoms with E-state index in [9.17, 15) is 24.8 Å². The van der Waals surface area contributed by atoms with Crippen molar-refractivity contribution in [1.29, 1.82) is 5.26 Å². The van der Waals surface area contributed by atoms with Gasteiger partial charge in [0.1, 0.15) is 48.9 Å². The van der Waals surface area contributed by atoms with Gasteiger partial charge in [0, 0.05) is 5.75 Å². The molecule has 14 nitrogen and oxygen atoms in total. The molecule has 0 radical (unpaired) electrons. The van der Waals surface area contributed by atoms with Crippen molar-refractivity contribution in [2.75, 3.05) is 31.0 Å². The van der Waals surface area contributed by atoms with E-state index in [1.807, 2.05) is 0 Å². The van der Waals surface area contributed by atoms with E-state index < -0.39 is 50.3 Å². The average molecular weight is 516 g/mol. The second-order valence-electron chi connectivity index (χ2n) is 7.46. The Balaban J connectivity index is 1.85. The molecule has 1 saturated heterocycles. The number of aliphatic hydroxyl groups is 2. The van der Waals surface area contributed by atoms with E-state index in [0.29, 0.717) is 11.3 Å². The Hall–Kier alpha value is -2.28. The molecule has 0 aliphatic carbocycles. The number of nitrogen functional groups attached to an aromatic ring is 1. The van der Waals surface area contributed by atoms with Crippen LogP contribution in [0.25, 0.3) is 5.52 Å². The third kappa shape index (κ3) is 5.19. The predicted octanol–water partition coefficient (Wildman–Crippen LogP) is -0.0660. The quantitative estimate of drug-likeness (QED) is 0.195. The number of carboxylic acid groups (broad SMARTS) is 1. The Morgan fingerprint density at radius 3 is 2.88 bits per heavy atom. The molecule has 0 saturated carbocycles. The number of nitrogens with one attached hydrogen (secondary N) is 1. The van der Waals surface area contributed by atoms with Crippen LogP contribution in [0.15, 0.2) is 18.5 Å². The highest BCUT2D eigenvalue weighted by molar-refractivity contribution is 7.98. The maximum absolute atomic E-state index is 13.2. The number of aliphatic hydroxyl groups excluding tert-OH is 2. The number of thioether (sulfide) groups is 1. The summed E-state index contributed by atoms with van der Waals surface area (Å²) in [5.74, 6) is -0.695. The van der Waals surface area contributed by atoms with Crippen molar-refractivity contribution >= 4 is 36.8 Å². The molecule has 1 aliphatic rings. The largest absolute Gasteiger partial charge is 0.480 e. The molecule has 0 amide bonds. The number of nitriles is 1. The minimum Gasteiger partial charge on any atom is -0.480 e. The normalized spacial score (nSPS) is 27.3. The molecule has 1 fully saturated rings. The molecule has 0 spiro atoms. The highest BCUT2D eigenvalue weighted by Gasteiger charge is 2.57. The van der Waals surface area contributed by atoms with Gasteiger partial charge in [-0.25, -0.2) is 19.2 Å². The summed E-state index contributed by atoms with van der Waals surface area (Å²) in [7, 11) is -4.25. The number of hydrogen-bond acceptors (Lipinski definition) is 12. The molecule has 2 aromatic heterocycles. The molecule has 6 atom stereocenters. The van der Waals surface area contributed by atoms with Crippen molar-refractivity contribution in [3.63, 3.8) is 0 Å². The molecule has 186 valence electrons. The summed E-state index contributed by atoms with van der Waals surface area (Å²) < 4.78 is 30.9. The van der Waals surface area contributed by atoms with E-state index in [1.165, 1.54) is 29.5 Å². The number of carboxylic acids is 1. The van der Waals surface area contributed by atoms with Crippen LogP contribution in [0.5, 0.6) is 0 Å². The molecule has 2 aromatic rings. The van der Waals surface area contributed by atoms with Gasteiger partial charge in [0.25, 0.3) is 0 Å². The molecule has 1 aliphatic heterocycles. The highest BCUT2D eigenvalue weighted by atomic mass is 32.2. The van der Waals surface area contributed by atoms with Crippen LogP contribution < -0.4 is 10.8 Å². The van der Waals surface area contributed by atoms with Gasteiger partial charge in [-0.3, -0.25) is 13.8 Å². The van der Waals surface area contributed by atoms with Gasteiger partial charge in [-0.05, 0) is 25.3 Å². The second kappa shape index (κ2) is 10.5. The standard InChI is InChI=1S/C18H25N6O8PS/c1-10(17(27)28)23-33(29,30-5-6-34-2)31-8-18(7-19)15(26)13(25)14(32-18)11-3-4-12-16(20)21-9-22-24(11)12/h3-4,9-10,13-15,25-26H,5-6,8H2,1-2H3,(H,23,29)(H,27,28)(H2,20,21,22)/t10?,13-,14-,15-,18+,33?/m0/s1. The zero-order valence-corrected chi connectivity index (χ0v) is 20.0. The third-order valence-corrected chi connectivity index (χ3v) is 7.43. The molecule has 0 bridgehead atoms. The first kappa shape index (κ1) is 26.3. The van der Waals surface area contributed by atoms with E-state index >= 15 is 0 Å². The first-order valence-corrected chi connectivity index (χ1v) is 12.9. The van der Waals surface area contributed by atoms with E-state index in [2.05, 4.69) is 15.2 Å². The first-order chi connectivity index (χ1) is 16.1. The van der Waals surface area contributed by atoms with Gasteiger partial charge in [0.15, 0.2) is 5.82 Å². The van der Waals surface area contributed by atoms with Gasteiger partial charge < -0.3 is 25.8 Å². The van der Waals surface area contributed by atoms with Crippen molar-refractivity contribution in [2.45, 2.75) is 36.9 Å². The molecular weight excluding hydrogens is 491 g/mol. The van der Waals surface area contributed by atoms with Gasteiger partial charge in [-0.15, -0.1) is 0 Å². The van der Waals surface area contributed by atoms with Crippen LogP contribution in [0.4, 0.5) is 5.82 Å². The summed E-state index contributed by atoms with van der Waals surface area (Å²) >= 11 is 1.40. The Kier molecular flexibility index (Phi) is 8.17. The maximum Gasteiger partial charge on any atom is 0.406 e. The van der Waals surface area contributed by atoms with Crippen molar-refractivity contribution in [3.05, 3.63) is 24.2 Å². The van der Waals surface area contributed by atoms with Crippen LogP contribution in [0, 0.1) is 11.3 Å². The smallest absolute Gasteiger partial charge is 0.406 e. The summed E-state index contributed by atoms with van der Waals surface area (Å²) in [4.78, 5) is 15.1. The number of rotatable bonds is 11. The predicted molar refractivity (Wildman–Crippen MR) is 120 cm³/mol. The molecule has 34 heavy (non-hydrogen) atoms. The topological polar surface area (TPSA) is 215 Å². The van der Waals surface area contributed by atoms with Crippen LogP contribution in [0.2, 0.25) is 0 Å². The van der Waals surface area contributed by atoms with E-state index in [-0.39, 0.29) is 18.1 Å². The lowest BCUT2D eigenvalue weighted by atomic mass is 9.96. The number of aliphatic carboxylic acids is 1. The van der Waals surface area contributed by atoms with E-state index in [0.717, 1.165) is 0 Å². The van der Waals surface area contributed by atoms with Gasteiger partial charge in [0.05, 0.1) is 12.3 Å². The lowest BCUT2D eigenvalue weighted by Gasteiger charge is -2.28. The number of nitrogens with two attached hydrogens (primary N) is 1. The minimum atomic E-state index is -4.25. The fourth-order valence-electron chi connectivity index (χ4n) is 3.30. The molecule has 16 heteroatoms. The number of nitrogens with zero attached hydrogens (tertiary/aromatic N) is 4.